The van der Waals surface area contributed by atoms with Crippen molar-refractivity contribution in [2.24, 2.45) is 5.92 Å². The number of rotatable bonds is 13. The lowest BCUT2D eigenvalue weighted by Gasteiger charge is -2.20. The number of hydrogen-bond acceptors (Lipinski definition) is 9. The van der Waals surface area contributed by atoms with E-state index in [1.165, 1.54) is 31.1 Å². The number of aliphatic hydroxyl groups excluding tert-OH is 2. The topological polar surface area (TPSA) is 127 Å². The molecule has 3 heterocycles. The molecule has 0 amide bonds. The van der Waals surface area contributed by atoms with Gasteiger partial charge in [0.1, 0.15) is 24.1 Å². The predicted octanol–water partition coefficient (Wildman–Crippen LogP) is 2.88. The molecular weight excluding hydrogens is 520 g/mol. The number of hydrogen-bond donors (Lipinski definition) is 4. The van der Waals surface area contributed by atoms with Crippen LogP contribution in [0.1, 0.15) is 41.9 Å². The first-order chi connectivity index (χ1) is 20.1. The van der Waals surface area contributed by atoms with Gasteiger partial charge in [0.15, 0.2) is 23.2 Å². The van der Waals surface area contributed by atoms with E-state index in [4.69, 9.17) is 19.4 Å². The summed E-state index contributed by atoms with van der Waals surface area (Å²) in [4.78, 5) is 14.4. The van der Waals surface area contributed by atoms with Gasteiger partial charge in [-0.15, -0.1) is 0 Å². The molecule has 2 aliphatic rings. The highest BCUT2D eigenvalue weighted by Gasteiger charge is 2.44. The number of anilines is 1. The molecule has 0 spiro atoms. The fourth-order valence-corrected chi connectivity index (χ4v) is 5.47. The average molecular weight is 559 g/mol. The molecule has 4 aromatic rings. The number of imidazole rings is 1. The van der Waals surface area contributed by atoms with Crippen molar-refractivity contribution in [2.45, 2.75) is 49.7 Å². The summed E-state index contributed by atoms with van der Waals surface area (Å²) in [5, 5.41) is 28.5. The predicted molar refractivity (Wildman–Crippen MR) is 156 cm³/mol. The Hall–Kier alpha value is -3.41. The van der Waals surface area contributed by atoms with Gasteiger partial charge in [0.2, 0.25) is 0 Å². The van der Waals surface area contributed by atoms with Crippen molar-refractivity contribution < 1.29 is 19.7 Å². The minimum absolute atomic E-state index is 0.0955. The molecule has 41 heavy (non-hydrogen) atoms. The lowest BCUT2D eigenvalue weighted by Crippen LogP contribution is -2.33. The van der Waals surface area contributed by atoms with E-state index in [0.717, 1.165) is 19.0 Å². The summed E-state index contributed by atoms with van der Waals surface area (Å²) in [7, 11) is 1.54. The highest BCUT2D eigenvalue weighted by Crippen LogP contribution is 2.33. The molecule has 1 saturated heterocycles. The molecule has 1 aliphatic heterocycles. The second kappa shape index (κ2) is 12.6. The van der Waals surface area contributed by atoms with Crippen LogP contribution < -0.4 is 10.6 Å². The normalized spacial score (nSPS) is 22.5. The monoisotopic (exact) mass is 558 g/mol. The van der Waals surface area contributed by atoms with Gasteiger partial charge in [0.25, 0.3) is 0 Å². The van der Waals surface area contributed by atoms with Gasteiger partial charge in [0.05, 0.1) is 12.9 Å². The Morgan fingerprint density at radius 2 is 1.71 bits per heavy atom. The standard InChI is InChI=1S/C31H38N6O4/c1-40-18-24-27(38)28(39)31(41-24)37-19-34-26-29(35-25(36-30(26)37)14-15-32-16-20-12-13-20)33-17-23(21-8-4-2-5-9-21)22-10-6-3-7-11-22/h2-11,19-20,23-24,27-28,31-32,38-39H,12-18H2,1H3,(H,33,35,36)/t24-,27-,28-,31-/m1/s1. The number of benzene rings is 2. The Labute approximate surface area is 239 Å². The second-order valence-corrected chi connectivity index (χ2v) is 11.0. The molecule has 1 aliphatic carbocycles. The number of methoxy groups -OCH3 is 1. The first kappa shape index (κ1) is 27.7. The second-order valence-electron chi connectivity index (χ2n) is 11.0. The van der Waals surface area contributed by atoms with Crippen molar-refractivity contribution in [2.75, 3.05) is 38.7 Å². The van der Waals surface area contributed by atoms with Gasteiger partial charge in [-0.25, -0.2) is 15.0 Å². The zero-order valence-corrected chi connectivity index (χ0v) is 23.3. The molecule has 10 nitrogen and oxygen atoms in total. The van der Waals surface area contributed by atoms with Gasteiger partial charge >= 0.3 is 0 Å². The summed E-state index contributed by atoms with van der Waals surface area (Å²) in [5.41, 5.74) is 3.53. The van der Waals surface area contributed by atoms with Gasteiger partial charge < -0.3 is 30.3 Å². The molecule has 0 bridgehead atoms. The molecule has 2 aromatic carbocycles. The summed E-state index contributed by atoms with van der Waals surface area (Å²) in [6.45, 7) is 2.55. The molecule has 1 saturated carbocycles. The molecule has 6 rings (SSSR count). The fraction of sp³-hybridized carbons (Fsp3) is 0.452. The fourth-order valence-electron chi connectivity index (χ4n) is 5.47. The highest BCUT2D eigenvalue weighted by atomic mass is 16.6. The number of aromatic nitrogens is 4. The van der Waals surface area contributed by atoms with Crippen molar-refractivity contribution in [3.05, 3.63) is 83.9 Å². The Morgan fingerprint density at radius 1 is 1.00 bits per heavy atom. The van der Waals surface area contributed by atoms with Crippen molar-refractivity contribution in [3.63, 3.8) is 0 Å². The maximum absolute atomic E-state index is 10.8. The van der Waals surface area contributed by atoms with Crippen LogP contribution >= 0.6 is 0 Å². The van der Waals surface area contributed by atoms with E-state index in [1.54, 1.807) is 10.9 Å². The number of nitrogens with one attached hydrogen (secondary N) is 2. The van der Waals surface area contributed by atoms with E-state index >= 15 is 0 Å². The van der Waals surface area contributed by atoms with E-state index in [0.29, 0.717) is 35.8 Å². The Kier molecular flexibility index (Phi) is 8.54. The van der Waals surface area contributed by atoms with E-state index < -0.39 is 24.5 Å². The number of ether oxygens (including phenoxy) is 2. The van der Waals surface area contributed by atoms with Crippen LogP contribution in [0.3, 0.4) is 0 Å². The maximum atomic E-state index is 10.8. The third-order valence-electron chi connectivity index (χ3n) is 7.94. The molecule has 0 unspecified atom stereocenters. The van der Waals surface area contributed by atoms with Crippen LogP contribution in [0, 0.1) is 5.92 Å². The van der Waals surface area contributed by atoms with Crippen LogP contribution in [0.2, 0.25) is 0 Å². The van der Waals surface area contributed by atoms with Crippen LogP contribution in [0.15, 0.2) is 67.0 Å². The Morgan fingerprint density at radius 3 is 2.37 bits per heavy atom. The molecule has 216 valence electrons. The maximum Gasteiger partial charge on any atom is 0.167 e. The lowest BCUT2D eigenvalue weighted by atomic mass is 9.91. The van der Waals surface area contributed by atoms with Crippen molar-refractivity contribution in [3.8, 4) is 0 Å². The van der Waals surface area contributed by atoms with Gasteiger partial charge in [-0.2, -0.15) is 0 Å². The summed E-state index contributed by atoms with van der Waals surface area (Å²) in [5.74, 6) is 2.18. The highest BCUT2D eigenvalue weighted by molar-refractivity contribution is 5.83. The minimum Gasteiger partial charge on any atom is -0.387 e. The molecular formula is C31H38N6O4. The minimum atomic E-state index is -1.15. The summed E-state index contributed by atoms with van der Waals surface area (Å²) >= 11 is 0. The zero-order chi connectivity index (χ0) is 28.2. The number of aliphatic hydroxyl groups is 2. The first-order valence-electron chi connectivity index (χ1n) is 14.4. The van der Waals surface area contributed by atoms with E-state index in [-0.39, 0.29) is 12.5 Å². The van der Waals surface area contributed by atoms with Crippen LogP contribution in [-0.2, 0) is 15.9 Å². The molecule has 2 aromatic heterocycles. The zero-order valence-electron chi connectivity index (χ0n) is 23.3. The Balaban J connectivity index is 1.30. The largest absolute Gasteiger partial charge is 0.387 e. The van der Waals surface area contributed by atoms with Gasteiger partial charge in [-0.3, -0.25) is 4.57 Å². The van der Waals surface area contributed by atoms with Gasteiger partial charge in [0, 0.05) is 32.5 Å². The molecule has 10 heteroatoms. The van der Waals surface area contributed by atoms with Crippen molar-refractivity contribution in [1.82, 2.24) is 24.8 Å². The van der Waals surface area contributed by atoms with Crippen LogP contribution in [0.5, 0.6) is 0 Å². The van der Waals surface area contributed by atoms with Crippen LogP contribution in [0.4, 0.5) is 5.82 Å². The molecule has 4 atom stereocenters. The first-order valence-corrected chi connectivity index (χ1v) is 14.4. The summed E-state index contributed by atoms with van der Waals surface area (Å²) in [6.07, 6.45) is 1.11. The van der Waals surface area contributed by atoms with Gasteiger partial charge in [-0.05, 0) is 36.4 Å². The van der Waals surface area contributed by atoms with E-state index in [9.17, 15) is 10.2 Å². The summed E-state index contributed by atoms with van der Waals surface area (Å²) in [6, 6.07) is 20.8. The Bertz CT molecular complexity index is 1370. The number of fused-ring (bicyclic) bond motifs is 1. The smallest absolute Gasteiger partial charge is 0.167 e. The van der Waals surface area contributed by atoms with Crippen molar-refractivity contribution in [1.29, 1.82) is 0 Å². The molecule has 2 fully saturated rings. The van der Waals surface area contributed by atoms with Crippen LogP contribution in [-0.4, -0.2) is 81.4 Å². The van der Waals surface area contributed by atoms with Gasteiger partial charge in [-0.1, -0.05) is 60.7 Å². The van der Waals surface area contributed by atoms with Crippen molar-refractivity contribution >= 4 is 17.0 Å². The lowest BCUT2D eigenvalue weighted by molar-refractivity contribution is -0.0580. The van der Waals surface area contributed by atoms with E-state index in [1.807, 2.05) is 12.1 Å². The number of nitrogens with zero attached hydrogens (tertiary/aromatic N) is 4. The summed E-state index contributed by atoms with van der Waals surface area (Å²) < 4.78 is 12.9. The molecule has 4 N–H and O–H groups in total. The third kappa shape index (κ3) is 6.27. The SMILES string of the molecule is COC[C@H]1O[C@@H](n2cnc3c(NCC(c4ccccc4)c4ccccc4)nc(CCNCC4CC4)nc32)[C@H](O)[C@@H]1O. The van der Waals surface area contributed by atoms with Crippen LogP contribution in [0.25, 0.3) is 11.2 Å². The molecule has 0 radical (unpaired) electrons. The average Bonchev–Trinajstić information content (AvgIpc) is 3.68. The third-order valence-corrected chi connectivity index (χ3v) is 7.94. The quantitative estimate of drug-likeness (QED) is 0.183. The van der Waals surface area contributed by atoms with E-state index in [2.05, 4.69) is 64.1 Å².